The average Bonchev–Trinajstić information content (AvgIpc) is 2.62. The van der Waals surface area contributed by atoms with E-state index in [1.54, 1.807) is 29.2 Å². The quantitative estimate of drug-likeness (QED) is 0.827. The molecule has 2 heterocycles. The molecule has 2 amide bonds. The fourth-order valence-corrected chi connectivity index (χ4v) is 2.93. The minimum absolute atomic E-state index is 0. The molecule has 0 unspecified atom stereocenters. The van der Waals surface area contributed by atoms with E-state index in [1.807, 2.05) is 6.92 Å². The van der Waals surface area contributed by atoms with Gasteiger partial charge in [0.25, 0.3) is 5.91 Å². The molecule has 0 aliphatic carbocycles. The molecule has 2 fully saturated rings. The monoisotopic (exact) mass is 369 g/mol. The first-order valence-corrected chi connectivity index (χ1v) is 8.28. The molecule has 0 bridgehead atoms. The van der Waals surface area contributed by atoms with Gasteiger partial charge in [0.15, 0.2) is 0 Å². The average molecular weight is 370 g/mol. The molecular weight excluding hydrogens is 346 g/mol. The van der Waals surface area contributed by atoms with Crippen LogP contribution in [0.25, 0.3) is 0 Å². The Balaban J connectivity index is 0.00000225. The Bertz CT molecular complexity index is 607. The highest BCUT2D eigenvalue weighted by Crippen LogP contribution is 2.15. The third-order valence-corrected chi connectivity index (χ3v) is 4.27. The van der Waals surface area contributed by atoms with Crippen LogP contribution < -0.4 is 10.6 Å². The van der Waals surface area contributed by atoms with Crippen molar-refractivity contribution in [3.05, 3.63) is 29.8 Å². The number of carbonyl (C=O) groups excluding carboxylic acids is 2. The minimum Gasteiger partial charge on any atom is -0.378 e. The van der Waals surface area contributed by atoms with E-state index in [0.717, 1.165) is 0 Å². The van der Waals surface area contributed by atoms with Crippen molar-refractivity contribution in [2.24, 2.45) is 0 Å². The predicted molar refractivity (Wildman–Crippen MR) is 96.2 cm³/mol. The van der Waals surface area contributed by atoms with Crippen molar-refractivity contribution in [2.45, 2.75) is 19.1 Å². The first-order chi connectivity index (χ1) is 11.6. The summed E-state index contributed by atoms with van der Waals surface area (Å²) in [6, 6.07) is 6.64. The van der Waals surface area contributed by atoms with Gasteiger partial charge >= 0.3 is 0 Å². The summed E-state index contributed by atoms with van der Waals surface area (Å²) in [7, 11) is 0. The predicted octanol–water partition coefficient (Wildman–Crippen LogP) is 0.896. The van der Waals surface area contributed by atoms with Gasteiger partial charge in [0, 0.05) is 30.9 Å². The van der Waals surface area contributed by atoms with E-state index in [1.165, 1.54) is 0 Å². The van der Waals surface area contributed by atoms with Crippen LogP contribution in [0.1, 0.15) is 17.3 Å². The van der Waals surface area contributed by atoms with Gasteiger partial charge in [0.05, 0.1) is 25.9 Å². The summed E-state index contributed by atoms with van der Waals surface area (Å²) in [5.41, 5.74) is 1.18. The fourth-order valence-electron chi connectivity index (χ4n) is 2.93. The van der Waals surface area contributed by atoms with Gasteiger partial charge in [0.2, 0.25) is 5.91 Å². The largest absolute Gasteiger partial charge is 0.378 e. The van der Waals surface area contributed by atoms with E-state index in [2.05, 4.69) is 10.6 Å². The Labute approximate surface area is 153 Å². The number of morpholine rings is 2. The van der Waals surface area contributed by atoms with E-state index < -0.39 is 6.04 Å². The molecule has 0 spiro atoms. The minimum atomic E-state index is -0.391. The van der Waals surface area contributed by atoms with E-state index >= 15 is 0 Å². The number of nitrogens with zero attached hydrogens (tertiary/aromatic N) is 1. The number of hydrogen-bond acceptors (Lipinski definition) is 5. The highest BCUT2D eigenvalue weighted by molar-refractivity contribution is 5.98. The third kappa shape index (κ3) is 4.92. The van der Waals surface area contributed by atoms with Crippen LogP contribution in [0.4, 0.5) is 5.69 Å². The first kappa shape index (κ1) is 19.7. The molecule has 8 heteroatoms. The van der Waals surface area contributed by atoms with E-state index in [4.69, 9.17) is 9.47 Å². The molecule has 7 nitrogen and oxygen atoms in total. The Morgan fingerprint density at radius 2 is 2.00 bits per heavy atom. The number of benzene rings is 1. The van der Waals surface area contributed by atoms with Crippen molar-refractivity contribution in [2.75, 3.05) is 44.8 Å². The SMILES string of the molecule is C[C@H]1OCCN[C@@H]1C(=O)Nc1cccc(C(=O)N2CCOCC2)c1.Cl. The van der Waals surface area contributed by atoms with Gasteiger partial charge in [-0.2, -0.15) is 0 Å². The Kier molecular flexibility index (Phi) is 7.19. The first-order valence-electron chi connectivity index (χ1n) is 8.28. The normalized spacial score (nSPS) is 23.5. The lowest BCUT2D eigenvalue weighted by Gasteiger charge is -2.29. The molecule has 3 rings (SSSR count). The number of anilines is 1. The molecule has 2 N–H and O–H groups in total. The standard InChI is InChI=1S/C17H23N3O4.ClH/c1-12-15(18-5-8-24-12)16(21)19-14-4-2-3-13(11-14)17(22)20-6-9-23-10-7-20;/h2-4,11-12,15,18H,5-10H2,1H3,(H,19,21);1H/t12-,15+;/m1./s1. The number of ether oxygens (including phenoxy) is 2. The van der Waals surface area contributed by atoms with Gasteiger partial charge in [0.1, 0.15) is 6.04 Å². The zero-order valence-electron chi connectivity index (χ0n) is 14.2. The Morgan fingerprint density at radius 1 is 1.24 bits per heavy atom. The number of hydrogen-bond donors (Lipinski definition) is 2. The lowest BCUT2D eigenvalue weighted by atomic mass is 10.1. The van der Waals surface area contributed by atoms with Gasteiger partial charge in [-0.05, 0) is 25.1 Å². The van der Waals surface area contributed by atoms with Gasteiger partial charge < -0.3 is 25.0 Å². The van der Waals surface area contributed by atoms with Gasteiger partial charge in [-0.25, -0.2) is 0 Å². The molecule has 138 valence electrons. The van der Waals surface area contributed by atoms with Gasteiger partial charge in [-0.1, -0.05) is 6.07 Å². The number of halogens is 1. The second-order valence-corrected chi connectivity index (χ2v) is 5.98. The third-order valence-electron chi connectivity index (χ3n) is 4.27. The summed E-state index contributed by atoms with van der Waals surface area (Å²) in [6.07, 6.45) is -0.183. The number of carbonyl (C=O) groups is 2. The van der Waals surface area contributed by atoms with Crippen molar-refractivity contribution in [1.82, 2.24) is 10.2 Å². The Morgan fingerprint density at radius 3 is 2.72 bits per heavy atom. The maximum absolute atomic E-state index is 12.5. The van der Waals surface area contributed by atoms with Crippen LogP contribution in [0, 0.1) is 0 Å². The molecule has 1 aromatic carbocycles. The number of rotatable bonds is 3. The summed E-state index contributed by atoms with van der Waals surface area (Å²) < 4.78 is 10.8. The topological polar surface area (TPSA) is 79.9 Å². The lowest BCUT2D eigenvalue weighted by molar-refractivity contribution is -0.123. The van der Waals surface area contributed by atoms with E-state index in [9.17, 15) is 9.59 Å². The molecule has 0 radical (unpaired) electrons. The zero-order valence-corrected chi connectivity index (χ0v) is 15.0. The van der Waals surface area contributed by atoms with E-state index in [-0.39, 0.29) is 30.3 Å². The van der Waals surface area contributed by atoms with Crippen molar-refractivity contribution >= 4 is 29.9 Å². The fraction of sp³-hybridized carbons (Fsp3) is 0.529. The Hall–Kier alpha value is -1.67. The van der Waals surface area contributed by atoms with Gasteiger partial charge in [-0.15, -0.1) is 12.4 Å². The van der Waals surface area contributed by atoms with Crippen LogP contribution in [0.2, 0.25) is 0 Å². The molecule has 2 aliphatic heterocycles. The van der Waals surface area contributed by atoms with Crippen LogP contribution in [0.5, 0.6) is 0 Å². The molecule has 2 saturated heterocycles. The number of nitrogens with one attached hydrogen (secondary N) is 2. The molecular formula is C17H24ClN3O4. The van der Waals surface area contributed by atoms with Crippen molar-refractivity contribution < 1.29 is 19.1 Å². The smallest absolute Gasteiger partial charge is 0.254 e. The summed E-state index contributed by atoms with van der Waals surface area (Å²) in [6.45, 7) is 5.44. The molecule has 2 aliphatic rings. The molecule has 2 atom stereocenters. The second kappa shape index (κ2) is 9.15. The molecule has 0 saturated carbocycles. The summed E-state index contributed by atoms with van der Waals surface area (Å²) in [4.78, 5) is 26.7. The van der Waals surface area contributed by atoms with Crippen LogP contribution in [-0.4, -0.2) is 68.3 Å². The van der Waals surface area contributed by atoms with Crippen LogP contribution in [0.15, 0.2) is 24.3 Å². The van der Waals surface area contributed by atoms with Crippen LogP contribution in [-0.2, 0) is 14.3 Å². The highest BCUT2D eigenvalue weighted by Gasteiger charge is 2.28. The summed E-state index contributed by atoms with van der Waals surface area (Å²) in [5.74, 6) is -0.194. The van der Waals surface area contributed by atoms with Crippen molar-refractivity contribution in [1.29, 1.82) is 0 Å². The van der Waals surface area contributed by atoms with E-state index in [0.29, 0.717) is 50.7 Å². The summed E-state index contributed by atoms with van der Waals surface area (Å²) >= 11 is 0. The molecule has 1 aromatic rings. The highest BCUT2D eigenvalue weighted by atomic mass is 35.5. The molecule has 0 aromatic heterocycles. The lowest BCUT2D eigenvalue weighted by Crippen LogP contribution is -2.53. The summed E-state index contributed by atoms with van der Waals surface area (Å²) in [5, 5.41) is 6.02. The van der Waals surface area contributed by atoms with Crippen LogP contribution >= 0.6 is 12.4 Å². The second-order valence-electron chi connectivity index (χ2n) is 5.98. The number of amides is 2. The maximum Gasteiger partial charge on any atom is 0.254 e. The zero-order chi connectivity index (χ0) is 16.9. The maximum atomic E-state index is 12.5. The van der Waals surface area contributed by atoms with Crippen molar-refractivity contribution in [3.8, 4) is 0 Å². The molecule has 25 heavy (non-hydrogen) atoms. The van der Waals surface area contributed by atoms with Crippen molar-refractivity contribution in [3.63, 3.8) is 0 Å². The van der Waals surface area contributed by atoms with Crippen LogP contribution in [0.3, 0.4) is 0 Å². The van der Waals surface area contributed by atoms with Gasteiger partial charge in [-0.3, -0.25) is 9.59 Å².